The highest BCUT2D eigenvalue weighted by Crippen LogP contribution is 2.55. The second-order valence-electron chi connectivity index (χ2n) is 7.63. The Kier molecular flexibility index (Phi) is 3.22. The molecule has 3 fully saturated rings. The van der Waals surface area contributed by atoms with E-state index >= 15 is 0 Å². The molecular weight excluding hydrogens is 330 g/mol. The van der Waals surface area contributed by atoms with Gasteiger partial charge in [-0.3, -0.25) is 0 Å². The Morgan fingerprint density at radius 3 is 1.85 bits per heavy atom. The van der Waals surface area contributed by atoms with Crippen molar-refractivity contribution >= 4 is 11.4 Å². The van der Waals surface area contributed by atoms with Crippen molar-refractivity contribution in [3.63, 3.8) is 0 Å². The number of anilines is 2. The molecule has 3 heterocycles. The minimum Gasteiger partial charge on any atom is -0.399 e. The molecule has 0 amide bonds. The van der Waals surface area contributed by atoms with Crippen LogP contribution in [0.4, 0.5) is 11.4 Å². The third-order valence-electron chi connectivity index (χ3n) is 5.92. The number of benzene rings is 2. The molecule has 3 aliphatic heterocycles. The van der Waals surface area contributed by atoms with Crippen molar-refractivity contribution in [2.45, 2.75) is 43.7 Å². The third-order valence-corrected chi connectivity index (χ3v) is 5.92. The van der Waals surface area contributed by atoms with Crippen LogP contribution in [0.25, 0.3) is 0 Å². The van der Waals surface area contributed by atoms with Crippen molar-refractivity contribution in [2.75, 3.05) is 18.1 Å². The Bertz CT molecular complexity index is 795. The van der Waals surface area contributed by atoms with Gasteiger partial charge in [0.1, 0.15) is 29.9 Å². The van der Waals surface area contributed by atoms with Crippen LogP contribution < -0.4 is 11.5 Å². The molecule has 4 N–H and O–H groups in total. The van der Waals surface area contributed by atoms with Gasteiger partial charge in [-0.05, 0) is 49.2 Å². The number of nitrogens with two attached hydrogens (primary N) is 2. The molecular formula is C20H23N3O3. The van der Waals surface area contributed by atoms with Crippen LogP contribution in [-0.2, 0) is 25.4 Å². The largest absolute Gasteiger partial charge is 0.399 e. The molecule has 5 rings (SSSR count). The number of hydrogen-bond donors (Lipinski definition) is 2. The molecule has 0 unspecified atom stereocenters. The van der Waals surface area contributed by atoms with Crippen LogP contribution in [0.1, 0.15) is 25.0 Å². The van der Waals surface area contributed by atoms with Crippen molar-refractivity contribution in [2.24, 2.45) is 0 Å². The summed E-state index contributed by atoms with van der Waals surface area (Å²) in [5.74, 6) is 0. The zero-order valence-corrected chi connectivity index (χ0v) is 14.9. The predicted octanol–water partition coefficient (Wildman–Crippen LogP) is 2.35. The van der Waals surface area contributed by atoms with Crippen molar-refractivity contribution in [3.8, 4) is 0 Å². The molecule has 2 aromatic carbocycles. The molecule has 5 atom stereocenters. The lowest BCUT2D eigenvalue weighted by Crippen LogP contribution is -2.40. The van der Waals surface area contributed by atoms with Crippen molar-refractivity contribution < 1.29 is 14.2 Å². The van der Waals surface area contributed by atoms with E-state index in [0.717, 1.165) is 22.5 Å². The number of nitrogen functional groups attached to an aromatic ring is 2. The van der Waals surface area contributed by atoms with Crippen LogP contribution in [-0.4, -0.2) is 30.2 Å². The van der Waals surface area contributed by atoms with Crippen LogP contribution in [0.15, 0.2) is 48.5 Å². The van der Waals surface area contributed by atoms with Gasteiger partial charge in [0.25, 0.3) is 0 Å². The lowest BCUT2D eigenvalue weighted by molar-refractivity contribution is -0.138. The number of nitrogens with zero attached hydrogens (tertiary/aromatic N) is 1. The van der Waals surface area contributed by atoms with Crippen LogP contribution in [0.2, 0.25) is 0 Å². The highest BCUT2D eigenvalue weighted by molar-refractivity contribution is 5.43. The highest BCUT2D eigenvalue weighted by atomic mass is 16.7. The molecule has 6 nitrogen and oxygen atoms in total. The van der Waals surface area contributed by atoms with Gasteiger partial charge in [-0.25, -0.2) is 4.90 Å². The Balaban J connectivity index is 1.56. The molecule has 0 bridgehead atoms. The first kappa shape index (κ1) is 16.1. The normalized spacial score (nSPS) is 38.6. The molecule has 0 aromatic heterocycles. The first-order valence-corrected chi connectivity index (χ1v) is 8.88. The van der Waals surface area contributed by atoms with Gasteiger partial charge >= 0.3 is 0 Å². The Morgan fingerprint density at radius 2 is 1.31 bits per heavy atom. The first-order chi connectivity index (χ1) is 12.4. The summed E-state index contributed by atoms with van der Waals surface area (Å²) in [6.45, 7) is 4.68. The fraction of sp³-hybridized carbons (Fsp3) is 0.400. The summed E-state index contributed by atoms with van der Waals surface area (Å²) >= 11 is 0. The summed E-state index contributed by atoms with van der Waals surface area (Å²) in [7, 11) is 0. The van der Waals surface area contributed by atoms with Crippen LogP contribution >= 0.6 is 0 Å². The van der Waals surface area contributed by atoms with E-state index in [1.54, 1.807) is 0 Å². The Morgan fingerprint density at radius 1 is 0.808 bits per heavy atom. The van der Waals surface area contributed by atoms with E-state index in [4.69, 9.17) is 25.7 Å². The molecule has 0 aliphatic carbocycles. The monoisotopic (exact) mass is 353 g/mol. The van der Waals surface area contributed by atoms with Gasteiger partial charge in [0.15, 0.2) is 0 Å². The Labute approximate surface area is 152 Å². The topological polar surface area (TPSA) is 83.0 Å². The lowest BCUT2D eigenvalue weighted by Gasteiger charge is -2.33. The second kappa shape index (κ2) is 5.20. The van der Waals surface area contributed by atoms with Gasteiger partial charge in [-0.15, -0.1) is 0 Å². The number of rotatable bonds is 2. The maximum absolute atomic E-state index is 6.64. The molecule has 26 heavy (non-hydrogen) atoms. The van der Waals surface area contributed by atoms with E-state index < -0.39 is 11.2 Å². The zero-order chi connectivity index (χ0) is 18.1. The molecule has 136 valence electrons. The zero-order valence-electron chi connectivity index (χ0n) is 14.9. The van der Waals surface area contributed by atoms with Crippen LogP contribution in [0.5, 0.6) is 0 Å². The average molecular weight is 353 g/mol. The second-order valence-corrected chi connectivity index (χ2v) is 7.63. The molecule has 0 radical (unpaired) electrons. The lowest BCUT2D eigenvalue weighted by atomic mass is 9.93. The molecule has 0 saturated carbocycles. The standard InChI is InChI=1S/C20H23N3O3/c1-19(12-3-7-14(21)8-4-12)17-23-16(11-24-17)25-20(2,18(23)26-19)13-5-9-15(22)10-6-13/h3-10,16-18H,11,21-22H2,1-2H3/t16-,17-,18-,19-,20+/m0/s1. The van der Waals surface area contributed by atoms with Crippen molar-refractivity contribution in [3.05, 3.63) is 59.7 Å². The quantitative estimate of drug-likeness (QED) is 0.807. The van der Waals surface area contributed by atoms with Gasteiger partial charge in [0.2, 0.25) is 0 Å². The predicted molar refractivity (Wildman–Crippen MR) is 97.7 cm³/mol. The fourth-order valence-corrected chi connectivity index (χ4v) is 4.45. The van der Waals surface area contributed by atoms with Crippen LogP contribution in [0, 0.1) is 0 Å². The van der Waals surface area contributed by atoms with Crippen molar-refractivity contribution in [1.29, 1.82) is 0 Å². The number of hydrogen-bond acceptors (Lipinski definition) is 6. The molecule has 3 saturated heterocycles. The van der Waals surface area contributed by atoms with E-state index in [-0.39, 0.29) is 18.7 Å². The van der Waals surface area contributed by atoms with E-state index in [0.29, 0.717) is 6.61 Å². The fourth-order valence-electron chi connectivity index (χ4n) is 4.45. The summed E-state index contributed by atoms with van der Waals surface area (Å²) in [6.07, 6.45) is -0.564. The summed E-state index contributed by atoms with van der Waals surface area (Å²) in [5.41, 5.74) is 14.1. The Hall–Kier alpha value is -2.12. The smallest absolute Gasteiger partial charge is 0.149 e. The maximum atomic E-state index is 6.64. The van der Waals surface area contributed by atoms with E-state index in [1.165, 1.54) is 0 Å². The van der Waals surface area contributed by atoms with E-state index in [9.17, 15) is 0 Å². The van der Waals surface area contributed by atoms with Gasteiger partial charge in [-0.2, -0.15) is 0 Å². The molecule has 0 spiro atoms. The SMILES string of the molecule is C[C@@]1(c2ccc(N)cc2)O[C@@H]2N3[C@H](CO[C@H]31)O[C@]2(C)c1ccc(N)cc1. The van der Waals surface area contributed by atoms with Gasteiger partial charge in [0.05, 0.1) is 6.61 Å². The van der Waals surface area contributed by atoms with Crippen molar-refractivity contribution in [1.82, 2.24) is 4.90 Å². The summed E-state index contributed by atoms with van der Waals surface area (Å²) < 4.78 is 19.1. The summed E-state index contributed by atoms with van der Waals surface area (Å²) in [5, 5.41) is 0. The average Bonchev–Trinajstić information content (AvgIpc) is 3.25. The van der Waals surface area contributed by atoms with Crippen LogP contribution in [0.3, 0.4) is 0 Å². The maximum Gasteiger partial charge on any atom is 0.149 e. The third kappa shape index (κ3) is 2.01. The minimum atomic E-state index is -0.591. The number of ether oxygens (including phenoxy) is 3. The van der Waals surface area contributed by atoms with E-state index in [1.807, 2.05) is 48.5 Å². The summed E-state index contributed by atoms with van der Waals surface area (Å²) in [6, 6.07) is 15.6. The summed E-state index contributed by atoms with van der Waals surface area (Å²) in [4.78, 5) is 2.21. The molecule has 3 aliphatic rings. The minimum absolute atomic E-state index is 0.122. The first-order valence-electron chi connectivity index (χ1n) is 8.88. The van der Waals surface area contributed by atoms with Gasteiger partial charge < -0.3 is 25.7 Å². The highest BCUT2D eigenvalue weighted by Gasteiger charge is 2.68. The van der Waals surface area contributed by atoms with E-state index in [2.05, 4.69) is 18.7 Å². The molecule has 2 aromatic rings. The molecule has 6 heteroatoms. The van der Waals surface area contributed by atoms with Gasteiger partial charge in [0, 0.05) is 11.4 Å². The van der Waals surface area contributed by atoms with Gasteiger partial charge in [-0.1, -0.05) is 24.3 Å².